The van der Waals surface area contributed by atoms with Gasteiger partial charge in [-0.25, -0.2) is 4.79 Å². The first kappa shape index (κ1) is 16.2. The van der Waals surface area contributed by atoms with E-state index in [4.69, 9.17) is 15.2 Å². The number of nitrogens with one attached hydrogen (secondary N) is 1. The Hall–Kier alpha value is -3.68. The van der Waals surface area contributed by atoms with Crippen LogP contribution < -0.4 is 15.2 Å². The van der Waals surface area contributed by atoms with Gasteiger partial charge < -0.3 is 15.2 Å². The summed E-state index contributed by atoms with van der Waals surface area (Å²) in [7, 11) is 1.55. The normalized spacial score (nSPS) is 10.3. The van der Waals surface area contributed by atoms with E-state index in [1.54, 1.807) is 55.6 Å². The Morgan fingerprint density at radius 3 is 2.20 bits per heavy atom. The Labute approximate surface area is 142 Å². The van der Waals surface area contributed by atoms with E-state index >= 15 is 0 Å². The maximum atomic E-state index is 12.1. The molecule has 0 bridgehead atoms. The number of benzene rings is 2. The average molecular weight is 338 g/mol. The van der Waals surface area contributed by atoms with Gasteiger partial charge in [0.2, 0.25) is 0 Å². The number of amides is 1. The number of aromatic nitrogens is 3. The van der Waals surface area contributed by atoms with Crippen LogP contribution in [0.25, 0.3) is 11.3 Å². The number of hydrogen-bond acceptors (Lipinski definition) is 6. The van der Waals surface area contributed by atoms with Crippen molar-refractivity contribution in [1.82, 2.24) is 15.4 Å². The van der Waals surface area contributed by atoms with Crippen molar-refractivity contribution in [2.45, 2.75) is 0 Å². The van der Waals surface area contributed by atoms with Crippen LogP contribution in [0.3, 0.4) is 0 Å². The van der Waals surface area contributed by atoms with Gasteiger partial charge in [0.05, 0.1) is 12.7 Å². The zero-order valence-electron chi connectivity index (χ0n) is 13.2. The van der Waals surface area contributed by atoms with Crippen molar-refractivity contribution in [1.29, 1.82) is 0 Å². The second-order valence-electron chi connectivity index (χ2n) is 5.03. The summed E-state index contributed by atoms with van der Waals surface area (Å²) in [6.07, 6.45) is 0. The summed E-state index contributed by atoms with van der Waals surface area (Å²) in [5.41, 5.74) is 6.63. The maximum absolute atomic E-state index is 12.1. The fourth-order valence-corrected chi connectivity index (χ4v) is 2.18. The molecular formula is C17H14N4O4. The molecule has 2 aromatic carbocycles. The van der Waals surface area contributed by atoms with E-state index in [9.17, 15) is 9.59 Å². The summed E-state index contributed by atoms with van der Waals surface area (Å²) in [5, 5.41) is 9.98. The Morgan fingerprint density at radius 1 is 0.960 bits per heavy atom. The van der Waals surface area contributed by atoms with Crippen molar-refractivity contribution in [2.75, 3.05) is 7.11 Å². The Bertz CT molecular complexity index is 901. The minimum absolute atomic E-state index is 0.0444. The number of primary amides is 1. The van der Waals surface area contributed by atoms with Gasteiger partial charge in [0, 0.05) is 5.56 Å². The third-order valence-corrected chi connectivity index (χ3v) is 3.45. The molecule has 0 saturated carbocycles. The second kappa shape index (κ2) is 6.83. The monoisotopic (exact) mass is 338 g/mol. The lowest BCUT2D eigenvalue weighted by atomic mass is 10.1. The topological polar surface area (TPSA) is 120 Å². The maximum Gasteiger partial charge on any atom is 0.343 e. The molecule has 3 aromatic rings. The van der Waals surface area contributed by atoms with Gasteiger partial charge in [-0.2, -0.15) is 15.4 Å². The van der Waals surface area contributed by atoms with Crippen molar-refractivity contribution >= 4 is 11.9 Å². The molecule has 1 heterocycles. The number of rotatable bonds is 5. The first-order valence-electron chi connectivity index (χ1n) is 7.25. The molecule has 1 aromatic heterocycles. The van der Waals surface area contributed by atoms with Crippen LogP contribution in [0.1, 0.15) is 20.8 Å². The Morgan fingerprint density at radius 2 is 1.60 bits per heavy atom. The smallest absolute Gasteiger partial charge is 0.343 e. The molecule has 8 nitrogen and oxygen atoms in total. The van der Waals surface area contributed by atoms with E-state index < -0.39 is 11.9 Å². The number of nitrogens with zero attached hydrogens (tertiary/aromatic N) is 2. The molecule has 0 atom stereocenters. The summed E-state index contributed by atoms with van der Waals surface area (Å²) in [4.78, 5) is 23.4. The first-order valence-corrected chi connectivity index (χ1v) is 7.25. The number of aromatic amines is 1. The van der Waals surface area contributed by atoms with E-state index in [2.05, 4.69) is 15.4 Å². The molecule has 0 unspecified atom stereocenters. The molecule has 0 spiro atoms. The zero-order valence-corrected chi connectivity index (χ0v) is 13.2. The standard InChI is InChI=1S/C17H14N4O4/c1-24-12-6-4-11(5-7-12)17(23)25-13-8-2-10(3-9-13)14-15(16(18)22)20-21-19-14/h2-9H,1H3,(H2,18,22)(H,19,20,21). The van der Waals surface area contributed by atoms with Gasteiger partial charge in [-0.05, 0) is 48.5 Å². The molecule has 0 aliphatic heterocycles. The molecule has 0 fully saturated rings. The lowest BCUT2D eigenvalue weighted by molar-refractivity contribution is 0.0734. The van der Waals surface area contributed by atoms with Crippen molar-refractivity contribution in [3.05, 3.63) is 59.8 Å². The van der Waals surface area contributed by atoms with Gasteiger partial charge in [0.15, 0.2) is 5.69 Å². The average Bonchev–Trinajstić information content (AvgIpc) is 3.12. The van der Waals surface area contributed by atoms with Gasteiger partial charge in [0.1, 0.15) is 17.2 Å². The van der Waals surface area contributed by atoms with Gasteiger partial charge in [-0.15, -0.1) is 0 Å². The summed E-state index contributed by atoms with van der Waals surface area (Å²) in [6.45, 7) is 0. The highest BCUT2D eigenvalue weighted by molar-refractivity contribution is 5.96. The van der Waals surface area contributed by atoms with Crippen molar-refractivity contribution in [2.24, 2.45) is 5.73 Å². The highest BCUT2D eigenvalue weighted by atomic mass is 16.5. The number of carbonyl (C=O) groups excluding carboxylic acids is 2. The molecule has 3 N–H and O–H groups in total. The number of nitrogens with two attached hydrogens (primary N) is 1. The summed E-state index contributed by atoms with van der Waals surface area (Å²) in [5.74, 6) is -0.166. The van der Waals surface area contributed by atoms with Crippen molar-refractivity contribution in [3.63, 3.8) is 0 Å². The van der Waals surface area contributed by atoms with E-state index in [-0.39, 0.29) is 5.69 Å². The molecule has 0 aliphatic rings. The van der Waals surface area contributed by atoms with Gasteiger partial charge in [-0.3, -0.25) is 4.79 Å². The summed E-state index contributed by atoms with van der Waals surface area (Å²) >= 11 is 0. The van der Waals surface area contributed by atoms with Crippen LogP contribution >= 0.6 is 0 Å². The zero-order chi connectivity index (χ0) is 17.8. The number of methoxy groups -OCH3 is 1. The number of esters is 1. The van der Waals surface area contributed by atoms with Crippen LogP contribution in [0.2, 0.25) is 0 Å². The predicted molar refractivity (Wildman–Crippen MR) is 88.3 cm³/mol. The third-order valence-electron chi connectivity index (χ3n) is 3.45. The molecule has 0 aliphatic carbocycles. The number of carbonyl (C=O) groups is 2. The van der Waals surface area contributed by atoms with E-state index in [1.807, 2.05) is 0 Å². The van der Waals surface area contributed by atoms with Crippen molar-refractivity contribution < 1.29 is 19.1 Å². The Balaban J connectivity index is 1.75. The van der Waals surface area contributed by atoms with Crippen molar-refractivity contribution in [3.8, 4) is 22.8 Å². The first-order chi connectivity index (χ1) is 12.1. The molecule has 0 saturated heterocycles. The molecule has 0 radical (unpaired) electrons. The SMILES string of the molecule is COc1ccc(C(=O)Oc2ccc(-c3n[nH]nc3C(N)=O)cc2)cc1. The van der Waals surface area contributed by atoms with Crippen LogP contribution in [-0.2, 0) is 0 Å². The minimum atomic E-state index is -0.682. The molecule has 3 rings (SSSR count). The van der Waals surface area contributed by atoms with Crippen LogP contribution in [0.15, 0.2) is 48.5 Å². The van der Waals surface area contributed by atoms with Gasteiger partial charge in [-0.1, -0.05) is 0 Å². The number of H-pyrrole nitrogens is 1. The highest BCUT2D eigenvalue weighted by Crippen LogP contribution is 2.23. The quantitative estimate of drug-likeness (QED) is 0.540. The van der Waals surface area contributed by atoms with Crippen LogP contribution in [0, 0.1) is 0 Å². The van der Waals surface area contributed by atoms with E-state index in [0.29, 0.717) is 28.3 Å². The van der Waals surface area contributed by atoms with E-state index in [1.165, 1.54) is 0 Å². The minimum Gasteiger partial charge on any atom is -0.497 e. The van der Waals surface area contributed by atoms with Crippen LogP contribution in [-0.4, -0.2) is 34.4 Å². The highest BCUT2D eigenvalue weighted by Gasteiger charge is 2.15. The second-order valence-corrected chi connectivity index (χ2v) is 5.03. The largest absolute Gasteiger partial charge is 0.497 e. The summed E-state index contributed by atoms with van der Waals surface area (Å²) in [6, 6.07) is 13.1. The number of ether oxygens (including phenoxy) is 2. The third kappa shape index (κ3) is 3.47. The molecule has 126 valence electrons. The van der Waals surface area contributed by atoms with Gasteiger partial charge >= 0.3 is 5.97 Å². The molecule has 1 amide bonds. The molecular weight excluding hydrogens is 324 g/mol. The fraction of sp³-hybridized carbons (Fsp3) is 0.0588. The summed E-state index contributed by atoms with van der Waals surface area (Å²) < 4.78 is 10.4. The van der Waals surface area contributed by atoms with Crippen LogP contribution in [0.4, 0.5) is 0 Å². The molecule has 8 heteroatoms. The lowest BCUT2D eigenvalue weighted by Crippen LogP contribution is -2.12. The van der Waals surface area contributed by atoms with Crippen LogP contribution in [0.5, 0.6) is 11.5 Å². The predicted octanol–water partition coefficient (Wildman–Crippen LogP) is 1.80. The van der Waals surface area contributed by atoms with E-state index in [0.717, 1.165) is 0 Å². The number of hydrogen-bond donors (Lipinski definition) is 2. The Kier molecular flexibility index (Phi) is 4.42. The fourth-order valence-electron chi connectivity index (χ4n) is 2.18. The van der Waals surface area contributed by atoms with Gasteiger partial charge in [0.25, 0.3) is 5.91 Å². The lowest BCUT2D eigenvalue weighted by Gasteiger charge is -2.06. The molecule has 25 heavy (non-hydrogen) atoms.